The van der Waals surface area contributed by atoms with Crippen molar-refractivity contribution < 1.29 is 13.2 Å². The molecular formula is C9H13BrN4O3S. The highest BCUT2D eigenvalue weighted by Crippen LogP contribution is 2.26. The summed E-state index contributed by atoms with van der Waals surface area (Å²) in [5, 5.41) is 7.39. The Balaban J connectivity index is 2.25. The highest BCUT2D eigenvalue weighted by Gasteiger charge is 2.33. The molecule has 0 atom stereocenters. The SMILES string of the molecule is Cn1nnc(Br)c1S(=O)(=O)N1CCC(C=O)CC1. The monoisotopic (exact) mass is 336 g/mol. The predicted octanol–water partition coefficient (Wildman–Crippen LogP) is 0.177. The molecule has 0 aliphatic carbocycles. The number of nitrogens with zero attached hydrogens (tertiary/aromatic N) is 4. The van der Waals surface area contributed by atoms with Crippen LogP contribution in [-0.2, 0) is 21.9 Å². The maximum absolute atomic E-state index is 12.4. The van der Waals surface area contributed by atoms with Gasteiger partial charge < -0.3 is 4.79 Å². The molecule has 1 saturated heterocycles. The number of halogens is 1. The van der Waals surface area contributed by atoms with Crippen molar-refractivity contribution >= 4 is 32.2 Å². The van der Waals surface area contributed by atoms with Crippen LogP contribution in [0.15, 0.2) is 9.63 Å². The van der Waals surface area contributed by atoms with Gasteiger partial charge in [0.15, 0.2) is 4.60 Å². The van der Waals surface area contributed by atoms with E-state index in [1.807, 2.05) is 0 Å². The first-order valence-corrected chi connectivity index (χ1v) is 7.70. The van der Waals surface area contributed by atoms with E-state index in [0.717, 1.165) is 6.29 Å². The molecule has 0 radical (unpaired) electrons. The number of carbonyl (C=O) groups is 1. The molecular weight excluding hydrogens is 324 g/mol. The van der Waals surface area contributed by atoms with Gasteiger partial charge in [-0.15, -0.1) is 5.10 Å². The molecule has 0 spiro atoms. The van der Waals surface area contributed by atoms with Crippen LogP contribution in [0.4, 0.5) is 0 Å². The average molecular weight is 337 g/mol. The van der Waals surface area contributed by atoms with Crippen molar-refractivity contribution in [3.8, 4) is 0 Å². The highest BCUT2D eigenvalue weighted by molar-refractivity contribution is 9.10. The largest absolute Gasteiger partial charge is 0.303 e. The standard InChI is InChI=1S/C9H13BrN4O3S/c1-13-9(8(10)11-12-13)18(16,17)14-4-2-7(6-15)3-5-14/h6-7H,2-5H2,1H3. The summed E-state index contributed by atoms with van der Waals surface area (Å²) >= 11 is 3.09. The average Bonchev–Trinajstić information content (AvgIpc) is 2.69. The minimum Gasteiger partial charge on any atom is -0.303 e. The van der Waals surface area contributed by atoms with Gasteiger partial charge >= 0.3 is 0 Å². The van der Waals surface area contributed by atoms with Gasteiger partial charge in [0.1, 0.15) is 6.29 Å². The Morgan fingerprint density at radius 3 is 2.44 bits per heavy atom. The molecule has 0 unspecified atom stereocenters. The summed E-state index contributed by atoms with van der Waals surface area (Å²) in [6.07, 6.45) is 2.02. The molecule has 1 fully saturated rings. The zero-order chi connectivity index (χ0) is 13.3. The molecule has 9 heteroatoms. The van der Waals surface area contributed by atoms with Crippen molar-refractivity contribution in [2.24, 2.45) is 13.0 Å². The maximum atomic E-state index is 12.4. The smallest absolute Gasteiger partial charge is 0.263 e. The van der Waals surface area contributed by atoms with Crippen LogP contribution in [0.1, 0.15) is 12.8 Å². The normalized spacial score (nSPS) is 19.0. The fourth-order valence-corrected chi connectivity index (χ4v) is 4.47. The van der Waals surface area contributed by atoms with Crippen LogP contribution in [0.2, 0.25) is 0 Å². The molecule has 1 aromatic heterocycles. The molecule has 1 aromatic rings. The van der Waals surface area contributed by atoms with Crippen molar-refractivity contribution in [1.82, 2.24) is 19.3 Å². The van der Waals surface area contributed by atoms with Gasteiger partial charge in [-0.05, 0) is 28.8 Å². The van der Waals surface area contributed by atoms with Gasteiger partial charge in [-0.25, -0.2) is 13.1 Å². The Morgan fingerprint density at radius 2 is 2.00 bits per heavy atom. The number of carbonyl (C=O) groups excluding carboxylic acids is 1. The number of piperidine rings is 1. The highest BCUT2D eigenvalue weighted by atomic mass is 79.9. The van der Waals surface area contributed by atoms with Crippen LogP contribution in [0, 0.1) is 5.92 Å². The van der Waals surface area contributed by atoms with Gasteiger partial charge in [-0.3, -0.25) is 0 Å². The molecule has 0 saturated carbocycles. The Hall–Kier alpha value is -0.800. The number of aldehydes is 1. The van der Waals surface area contributed by atoms with Crippen LogP contribution in [0.5, 0.6) is 0 Å². The van der Waals surface area contributed by atoms with Crippen LogP contribution < -0.4 is 0 Å². The van der Waals surface area contributed by atoms with Crippen LogP contribution in [0.25, 0.3) is 0 Å². The molecule has 2 heterocycles. The fourth-order valence-electron chi connectivity index (χ4n) is 1.97. The second-order valence-electron chi connectivity index (χ2n) is 4.19. The second kappa shape index (κ2) is 5.06. The lowest BCUT2D eigenvalue weighted by Crippen LogP contribution is -2.39. The Morgan fingerprint density at radius 1 is 1.39 bits per heavy atom. The lowest BCUT2D eigenvalue weighted by atomic mass is 10.0. The van der Waals surface area contributed by atoms with Crippen molar-refractivity contribution in [3.05, 3.63) is 4.60 Å². The fraction of sp³-hybridized carbons (Fsp3) is 0.667. The van der Waals surface area contributed by atoms with Gasteiger partial charge in [-0.1, -0.05) is 5.21 Å². The second-order valence-corrected chi connectivity index (χ2v) is 6.79. The number of hydrogen-bond donors (Lipinski definition) is 0. The van der Waals surface area contributed by atoms with Gasteiger partial charge in [0.05, 0.1) is 0 Å². The van der Waals surface area contributed by atoms with E-state index in [1.165, 1.54) is 16.0 Å². The third kappa shape index (κ3) is 2.34. The summed E-state index contributed by atoms with van der Waals surface area (Å²) in [7, 11) is -2.07. The van der Waals surface area contributed by atoms with E-state index in [1.54, 1.807) is 0 Å². The van der Waals surface area contributed by atoms with E-state index in [-0.39, 0.29) is 15.5 Å². The van der Waals surface area contributed by atoms with E-state index < -0.39 is 10.0 Å². The quantitative estimate of drug-likeness (QED) is 0.735. The summed E-state index contributed by atoms with van der Waals surface area (Å²) in [4.78, 5) is 10.7. The lowest BCUT2D eigenvalue weighted by Gasteiger charge is -2.28. The molecule has 7 nitrogen and oxygen atoms in total. The molecule has 100 valence electrons. The molecule has 0 aromatic carbocycles. The summed E-state index contributed by atoms with van der Waals surface area (Å²) in [6, 6.07) is 0. The molecule has 2 rings (SSSR count). The maximum Gasteiger partial charge on any atom is 0.263 e. The van der Waals surface area contributed by atoms with Gasteiger partial charge in [0, 0.05) is 26.1 Å². The number of aryl methyl sites for hydroxylation is 1. The minimum absolute atomic E-state index is 0.0375. The van der Waals surface area contributed by atoms with E-state index in [4.69, 9.17) is 0 Å². The molecule has 1 aliphatic heterocycles. The predicted molar refractivity (Wildman–Crippen MR) is 66.2 cm³/mol. The van der Waals surface area contributed by atoms with Crippen molar-refractivity contribution in [2.75, 3.05) is 13.1 Å². The van der Waals surface area contributed by atoms with Crippen molar-refractivity contribution in [3.63, 3.8) is 0 Å². The van der Waals surface area contributed by atoms with Crippen LogP contribution in [0.3, 0.4) is 0 Å². The minimum atomic E-state index is -3.60. The number of aromatic nitrogens is 3. The zero-order valence-corrected chi connectivity index (χ0v) is 12.2. The first-order valence-electron chi connectivity index (χ1n) is 5.47. The third-order valence-electron chi connectivity index (χ3n) is 3.01. The Kier molecular flexibility index (Phi) is 3.83. The third-order valence-corrected chi connectivity index (χ3v) is 5.80. The Bertz CT molecular complexity index is 529. The molecule has 0 amide bonds. The molecule has 0 N–H and O–H groups in total. The van der Waals surface area contributed by atoms with E-state index in [0.29, 0.717) is 25.9 Å². The van der Waals surface area contributed by atoms with Gasteiger partial charge in [0.2, 0.25) is 5.03 Å². The first kappa shape index (κ1) is 13.6. The summed E-state index contributed by atoms with van der Waals surface area (Å²) in [5.74, 6) is -0.0375. The summed E-state index contributed by atoms with van der Waals surface area (Å²) < 4.78 is 27.6. The van der Waals surface area contributed by atoms with Crippen LogP contribution in [-0.4, -0.2) is 47.1 Å². The van der Waals surface area contributed by atoms with Crippen LogP contribution >= 0.6 is 15.9 Å². The Labute approximate surface area is 113 Å². The summed E-state index contributed by atoms with van der Waals surface area (Å²) in [5.41, 5.74) is 0. The first-order chi connectivity index (χ1) is 8.46. The summed E-state index contributed by atoms with van der Waals surface area (Å²) in [6.45, 7) is 0.701. The van der Waals surface area contributed by atoms with Crippen molar-refractivity contribution in [2.45, 2.75) is 17.9 Å². The molecule has 1 aliphatic rings. The topological polar surface area (TPSA) is 85.2 Å². The number of hydrogen-bond acceptors (Lipinski definition) is 5. The molecule has 18 heavy (non-hydrogen) atoms. The lowest BCUT2D eigenvalue weighted by molar-refractivity contribution is -0.112. The zero-order valence-electron chi connectivity index (χ0n) is 9.78. The van der Waals surface area contributed by atoms with E-state index >= 15 is 0 Å². The van der Waals surface area contributed by atoms with Crippen molar-refractivity contribution in [1.29, 1.82) is 0 Å². The van der Waals surface area contributed by atoms with Gasteiger partial charge in [0.25, 0.3) is 10.0 Å². The van der Waals surface area contributed by atoms with E-state index in [2.05, 4.69) is 26.2 Å². The number of rotatable bonds is 3. The molecule has 0 bridgehead atoms. The van der Waals surface area contributed by atoms with Gasteiger partial charge in [-0.2, -0.15) is 4.31 Å². The van der Waals surface area contributed by atoms with E-state index in [9.17, 15) is 13.2 Å². The number of sulfonamides is 1.